The Hall–Kier alpha value is -1.83. The van der Waals surface area contributed by atoms with Crippen molar-refractivity contribution in [3.05, 3.63) is 59.8 Å². The summed E-state index contributed by atoms with van der Waals surface area (Å²) in [7, 11) is 0. The minimum Gasteiger partial charge on any atom is -0.475 e. The number of aromatic nitrogens is 1. The first-order chi connectivity index (χ1) is 11.7. The summed E-state index contributed by atoms with van der Waals surface area (Å²) in [6, 6.07) is 14.1. The highest BCUT2D eigenvalue weighted by Gasteiger charge is 2.01. The molecule has 1 aromatic heterocycles. The molecule has 0 bridgehead atoms. The van der Waals surface area contributed by atoms with Crippen LogP contribution in [0.3, 0.4) is 0 Å². The van der Waals surface area contributed by atoms with E-state index in [4.69, 9.17) is 4.74 Å². The zero-order valence-corrected chi connectivity index (χ0v) is 17.4. The van der Waals surface area contributed by atoms with E-state index in [2.05, 4.69) is 39.7 Å². The average molecular weight is 454 g/mol. The summed E-state index contributed by atoms with van der Waals surface area (Å²) in [4.78, 5) is 8.91. The summed E-state index contributed by atoms with van der Waals surface area (Å²) >= 11 is 0. The molecule has 1 aromatic carbocycles. The molecule has 0 saturated heterocycles. The third-order valence-corrected chi connectivity index (χ3v) is 3.22. The third-order valence-electron chi connectivity index (χ3n) is 3.22. The second-order valence-electron chi connectivity index (χ2n) is 5.71. The van der Waals surface area contributed by atoms with Gasteiger partial charge in [-0.1, -0.05) is 36.4 Å². The van der Waals surface area contributed by atoms with E-state index >= 15 is 0 Å². The van der Waals surface area contributed by atoms with Crippen LogP contribution in [0.2, 0.25) is 0 Å². The zero-order valence-electron chi connectivity index (χ0n) is 15.0. The number of rotatable bonds is 7. The van der Waals surface area contributed by atoms with Gasteiger partial charge >= 0.3 is 0 Å². The molecule has 5 nitrogen and oxygen atoms in total. The minimum absolute atomic E-state index is 0. The Morgan fingerprint density at radius 3 is 2.44 bits per heavy atom. The molecule has 1 heterocycles. The molecule has 0 unspecified atom stereocenters. The van der Waals surface area contributed by atoms with E-state index in [0.717, 1.165) is 24.6 Å². The van der Waals surface area contributed by atoms with Gasteiger partial charge in [-0.2, -0.15) is 0 Å². The Balaban J connectivity index is 0.00000312. The topological polar surface area (TPSA) is 58.5 Å². The van der Waals surface area contributed by atoms with Gasteiger partial charge in [0.1, 0.15) is 0 Å². The number of benzene rings is 1. The van der Waals surface area contributed by atoms with Crippen LogP contribution in [0.25, 0.3) is 0 Å². The van der Waals surface area contributed by atoms with Gasteiger partial charge in [0.15, 0.2) is 5.96 Å². The van der Waals surface area contributed by atoms with Crippen LogP contribution in [0.5, 0.6) is 5.88 Å². The molecule has 25 heavy (non-hydrogen) atoms. The van der Waals surface area contributed by atoms with Crippen molar-refractivity contribution in [1.29, 1.82) is 0 Å². The third kappa shape index (κ3) is 8.20. The number of pyridine rings is 1. The van der Waals surface area contributed by atoms with Crippen LogP contribution in [0.15, 0.2) is 53.7 Å². The first-order valence-electron chi connectivity index (χ1n) is 8.35. The normalized spacial score (nSPS) is 11.0. The molecule has 0 aliphatic heterocycles. The first kappa shape index (κ1) is 21.2. The van der Waals surface area contributed by atoms with Crippen LogP contribution in [-0.2, 0) is 13.1 Å². The molecule has 136 valence electrons. The quantitative estimate of drug-likeness (QED) is 0.380. The van der Waals surface area contributed by atoms with Crippen LogP contribution >= 0.6 is 24.0 Å². The maximum absolute atomic E-state index is 5.55. The molecule has 0 spiro atoms. The molecule has 0 fully saturated rings. The summed E-state index contributed by atoms with van der Waals surface area (Å²) in [6.45, 7) is 8.16. The Kier molecular flexibility index (Phi) is 9.91. The predicted molar refractivity (Wildman–Crippen MR) is 114 cm³/mol. The highest BCUT2D eigenvalue weighted by atomic mass is 127. The van der Waals surface area contributed by atoms with Gasteiger partial charge in [-0.05, 0) is 31.9 Å². The first-order valence-corrected chi connectivity index (χ1v) is 8.35. The van der Waals surface area contributed by atoms with E-state index in [-0.39, 0.29) is 30.1 Å². The van der Waals surface area contributed by atoms with Crippen molar-refractivity contribution in [2.75, 3.05) is 6.54 Å². The largest absolute Gasteiger partial charge is 0.475 e. The Labute approximate surface area is 167 Å². The van der Waals surface area contributed by atoms with Crippen molar-refractivity contribution < 1.29 is 4.74 Å². The second kappa shape index (κ2) is 11.7. The van der Waals surface area contributed by atoms with Crippen molar-refractivity contribution in [2.24, 2.45) is 4.99 Å². The van der Waals surface area contributed by atoms with Gasteiger partial charge in [0, 0.05) is 25.4 Å². The molecule has 6 heteroatoms. The van der Waals surface area contributed by atoms with E-state index < -0.39 is 0 Å². The zero-order chi connectivity index (χ0) is 17.2. The van der Waals surface area contributed by atoms with Gasteiger partial charge in [-0.15, -0.1) is 24.0 Å². The summed E-state index contributed by atoms with van der Waals surface area (Å²) < 4.78 is 5.55. The summed E-state index contributed by atoms with van der Waals surface area (Å²) in [5.74, 6) is 1.44. The minimum atomic E-state index is 0. The lowest BCUT2D eigenvalue weighted by atomic mass is 10.2. The van der Waals surface area contributed by atoms with Crippen molar-refractivity contribution in [3.8, 4) is 5.88 Å². The molecule has 0 aliphatic carbocycles. The maximum atomic E-state index is 5.55. The number of nitrogens with one attached hydrogen (secondary N) is 2. The van der Waals surface area contributed by atoms with Gasteiger partial charge in [0.05, 0.1) is 12.6 Å². The van der Waals surface area contributed by atoms with E-state index in [1.54, 1.807) is 0 Å². The monoisotopic (exact) mass is 454 g/mol. The molecule has 2 N–H and O–H groups in total. The lowest BCUT2D eigenvalue weighted by Crippen LogP contribution is -2.36. The average Bonchev–Trinajstić information content (AvgIpc) is 2.59. The molecule has 0 atom stereocenters. The summed E-state index contributed by atoms with van der Waals surface area (Å²) in [5, 5.41) is 6.59. The van der Waals surface area contributed by atoms with Crippen LogP contribution in [-0.4, -0.2) is 23.6 Å². The number of aliphatic imine (C=N–C) groups is 1. The number of nitrogens with zero attached hydrogens (tertiary/aromatic N) is 2. The molecule has 0 radical (unpaired) electrons. The number of ether oxygens (including phenoxy) is 1. The van der Waals surface area contributed by atoms with E-state index in [1.165, 1.54) is 5.56 Å². The number of guanidine groups is 1. The second-order valence-corrected chi connectivity index (χ2v) is 5.71. The van der Waals surface area contributed by atoms with Gasteiger partial charge in [0.25, 0.3) is 0 Å². The Bertz CT molecular complexity index is 630. The van der Waals surface area contributed by atoms with Crippen LogP contribution in [0, 0.1) is 0 Å². The molecular weight excluding hydrogens is 427 g/mol. The van der Waals surface area contributed by atoms with Crippen LogP contribution in [0.1, 0.15) is 31.9 Å². The van der Waals surface area contributed by atoms with Crippen molar-refractivity contribution in [2.45, 2.75) is 40.0 Å². The highest BCUT2D eigenvalue weighted by Crippen LogP contribution is 2.10. The summed E-state index contributed by atoms with van der Waals surface area (Å²) in [6.07, 6.45) is 1.94. The lowest BCUT2D eigenvalue weighted by Gasteiger charge is -2.11. The van der Waals surface area contributed by atoms with Gasteiger partial charge in [0.2, 0.25) is 5.88 Å². The standard InChI is InChI=1S/C19H26N4O.HI/c1-4-20-19(22-12-16-8-6-5-7-9-16)23-14-17-10-11-18(21-13-17)24-15(2)3;/h5-11,13,15H,4,12,14H2,1-3H3,(H2,20,22,23);1H. The van der Waals surface area contributed by atoms with Crippen LogP contribution in [0.4, 0.5) is 0 Å². The van der Waals surface area contributed by atoms with Crippen LogP contribution < -0.4 is 15.4 Å². The molecule has 2 rings (SSSR count). The molecule has 0 aliphatic rings. The fraction of sp³-hybridized carbons (Fsp3) is 0.368. The Morgan fingerprint density at radius 2 is 1.84 bits per heavy atom. The molecule has 0 amide bonds. The smallest absolute Gasteiger partial charge is 0.213 e. The molecule has 0 saturated carbocycles. The van der Waals surface area contributed by atoms with Crippen molar-refractivity contribution in [3.63, 3.8) is 0 Å². The predicted octanol–water partition coefficient (Wildman–Crippen LogP) is 3.74. The molecule has 2 aromatic rings. The lowest BCUT2D eigenvalue weighted by molar-refractivity contribution is 0.232. The number of hydrogen-bond donors (Lipinski definition) is 2. The SMILES string of the molecule is CCNC(=NCc1ccc(OC(C)C)nc1)NCc1ccccc1.I. The van der Waals surface area contributed by atoms with Gasteiger partial charge in [-0.25, -0.2) is 9.98 Å². The highest BCUT2D eigenvalue weighted by molar-refractivity contribution is 14.0. The van der Waals surface area contributed by atoms with Crippen molar-refractivity contribution in [1.82, 2.24) is 15.6 Å². The van der Waals surface area contributed by atoms with Gasteiger partial charge < -0.3 is 15.4 Å². The number of halogens is 1. The van der Waals surface area contributed by atoms with E-state index in [0.29, 0.717) is 12.4 Å². The fourth-order valence-electron chi connectivity index (χ4n) is 2.11. The van der Waals surface area contributed by atoms with E-state index in [9.17, 15) is 0 Å². The van der Waals surface area contributed by atoms with E-state index in [1.807, 2.05) is 50.4 Å². The van der Waals surface area contributed by atoms with Crippen molar-refractivity contribution >= 4 is 29.9 Å². The Morgan fingerprint density at radius 1 is 1.08 bits per heavy atom. The molecular formula is C19H27IN4O. The number of hydrogen-bond acceptors (Lipinski definition) is 3. The summed E-state index contributed by atoms with van der Waals surface area (Å²) in [5.41, 5.74) is 2.27. The van der Waals surface area contributed by atoms with Gasteiger partial charge in [-0.3, -0.25) is 0 Å². The fourth-order valence-corrected chi connectivity index (χ4v) is 2.11. The maximum Gasteiger partial charge on any atom is 0.213 e.